The first-order chi connectivity index (χ1) is 17.7. The summed E-state index contributed by atoms with van der Waals surface area (Å²) in [4.78, 5) is 18.6. The first kappa shape index (κ1) is 26.6. The number of amides is 2. The van der Waals surface area contributed by atoms with Crippen LogP contribution in [0.25, 0.3) is 0 Å². The van der Waals surface area contributed by atoms with Crippen LogP contribution >= 0.6 is 23.4 Å². The molecule has 0 saturated carbocycles. The summed E-state index contributed by atoms with van der Waals surface area (Å²) in [5, 5.41) is 10.3. The lowest BCUT2D eigenvalue weighted by atomic mass is 10.2. The van der Waals surface area contributed by atoms with Gasteiger partial charge in [0.1, 0.15) is 11.2 Å². The predicted molar refractivity (Wildman–Crippen MR) is 141 cm³/mol. The molecule has 3 N–H and O–H groups in total. The number of hydrogen-bond acceptors (Lipinski definition) is 6. The number of pyridine rings is 1. The fraction of sp³-hybridized carbons (Fsp3) is 0.200. The average molecular weight is 550 g/mol. The predicted octanol–water partition coefficient (Wildman–Crippen LogP) is 7.50. The number of halogens is 4. The Balaban J connectivity index is 1.33. The summed E-state index contributed by atoms with van der Waals surface area (Å²) in [6.07, 6.45) is -0.116. The molecule has 1 aliphatic heterocycles. The third-order valence-electron chi connectivity index (χ3n) is 5.14. The van der Waals surface area contributed by atoms with Gasteiger partial charge in [-0.25, -0.2) is 9.78 Å². The number of nitrogens with one attached hydrogen (secondary N) is 3. The Morgan fingerprint density at radius 2 is 1.92 bits per heavy atom. The Hall–Kier alpha value is -3.41. The monoisotopic (exact) mass is 549 g/mol. The number of thioether (sulfide) groups is 1. The van der Waals surface area contributed by atoms with Crippen LogP contribution in [0.5, 0.6) is 11.6 Å². The second-order valence-corrected chi connectivity index (χ2v) is 9.29. The number of benzene rings is 2. The maximum Gasteiger partial charge on any atom is 0.416 e. The van der Waals surface area contributed by atoms with E-state index in [1.165, 1.54) is 6.20 Å². The van der Waals surface area contributed by atoms with E-state index in [2.05, 4.69) is 32.8 Å². The van der Waals surface area contributed by atoms with Gasteiger partial charge in [-0.1, -0.05) is 30.3 Å². The number of carbonyl (C=O) groups is 1. The van der Waals surface area contributed by atoms with Crippen molar-refractivity contribution < 1.29 is 22.7 Å². The van der Waals surface area contributed by atoms with Crippen LogP contribution in [-0.2, 0) is 6.18 Å². The van der Waals surface area contributed by atoms with Crippen molar-refractivity contribution in [2.75, 3.05) is 22.1 Å². The Labute approximate surface area is 221 Å². The van der Waals surface area contributed by atoms with Crippen molar-refractivity contribution in [1.29, 1.82) is 0 Å². The molecule has 0 bridgehead atoms. The topological polar surface area (TPSA) is 78.5 Å². The van der Waals surface area contributed by atoms with Gasteiger partial charge < -0.3 is 20.3 Å². The van der Waals surface area contributed by atoms with E-state index in [-0.39, 0.29) is 16.2 Å². The van der Waals surface area contributed by atoms with Crippen molar-refractivity contribution in [2.45, 2.75) is 25.0 Å². The Kier molecular flexibility index (Phi) is 8.47. The molecular formula is C25H23ClF3N5O2S. The van der Waals surface area contributed by atoms with Crippen molar-refractivity contribution in [3.8, 4) is 11.6 Å². The van der Waals surface area contributed by atoms with Crippen LogP contribution in [0.3, 0.4) is 0 Å². The number of hydrogen-bond donors (Lipinski definition) is 3. The van der Waals surface area contributed by atoms with Crippen molar-refractivity contribution in [3.63, 3.8) is 0 Å². The molecule has 2 amide bonds. The summed E-state index contributed by atoms with van der Waals surface area (Å²) in [6, 6.07) is 12.6. The number of rotatable bonds is 8. The van der Waals surface area contributed by atoms with E-state index in [9.17, 15) is 18.0 Å². The third-order valence-corrected chi connectivity index (χ3v) is 6.40. The molecule has 12 heteroatoms. The maximum atomic E-state index is 12.9. The highest BCUT2D eigenvalue weighted by Crippen LogP contribution is 2.34. The van der Waals surface area contributed by atoms with Gasteiger partial charge in [-0.05, 0) is 66.9 Å². The molecule has 37 heavy (non-hydrogen) atoms. The van der Waals surface area contributed by atoms with E-state index in [1.807, 2.05) is 35.9 Å². The lowest BCUT2D eigenvalue weighted by Gasteiger charge is -2.25. The van der Waals surface area contributed by atoms with Crippen LogP contribution in [0.15, 0.2) is 72.4 Å². The number of nitrogens with zero attached hydrogens (tertiary/aromatic N) is 2. The number of anilines is 3. The molecule has 2 aromatic carbocycles. The van der Waals surface area contributed by atoms with Gasteiger partial charge in [-0.15, -0.1) is 0 Å². The molecule has 1 unspecified atom stereocenters. The van der Waals surface area contributed by atoms with Gasteiger partial charge in [0.15, 0.2) is 0 Å². The molecule has 0 fully saturated rings. The molecule has 194 valence electrons. The molecule has 0 spiro atoms. The lowest BCUT2D eigenvalue weighted by Crippen LogP contribution is -2.38. The van der Waals surface area contributed by atoms with Crippen molar-refractivity contribution in [2.24, 2.45) is 0 Å². The van der Waals surface area contributed by atoms with Crippen molar-refractivity contribution in [1.82, 2.24) is 10.3 Å². The molecule has 0 saturated heterocycles. The minimum Gasteiger partial charge on any atom is -0.439 e. The molecule has 1 aliphatic rings. The molecule has 3 aromatic rings. The molecule has 7 nitrogen and oxygen atoms in total. The van der Waals surface area contributed by atoms with Gasteiger partial charge >= 0.3 is 12.2 Å². The van der Waals surface area contributed by atoms with E-state index >= 15 is 0 Å². The minimum atomic E-state index is -4.56. The Morgan fingerprint density at radius 1 is 1.14 bits per heavy atom. The smallest absolute Gasteiger partial charge is 0.416 e. The number of aromatic nitrogens is 1. The lowest BCUT2D eigenvalue weighted by molar-refractivity contribution is -0.137. The summed E-state index contributed by atoms with van der Waals surface area (Å²) in [6.45, 7) is 3.05. The Bertz CT molecular complexity index is 1260. The molecule has 2 heterocycles. The highest BCUT2D eigenvalue weighted by Gasteiger charge is 2.31. The third kappa shape index (κ3) is 7.09. The van der Waals surface area contributed by atoms with Crippen LogP contribution in [0.2, 0.25) is 5.02 Å². The average Bonchev–Trinajstić information content (AvgIpc) is 3.33. The summed E-state index contributed by atoms with van der Waals surface area (Å²) in [5.74, 6) is 0.890. The van der Waals surface area contributed by atoms with E-state index < -0.39 is 17.8 Å². The molecule has 0 radical (unpaired) electrons. The van der Waals surface area contributed by atoms with Crippen molar-refractivity contribution >= 4 is 46.5 Å². The second-order valence-electron chi connectivity index (χ2n) is 7.89. The fourth-order valence-corrected chi connectivity index (χ4v) is 4.41. The van der Waals surface area contributed by atoms with E-state index in [4.69, 9.17) is 16.3 Å². The standard InChI is InChI=1S/C25H23ClF3N5O2S/c1-2-11-30-24-34(12-13-37-24)18-5-7-19(8-6-18)36-22-10-4-17(15-31-22)32-23(35)33-21-14-16(25(27,28)29)3-9-20(21)26/h3-10,12-15,24,30H,2,11H2,1H3,(H2,32,33,35). The quantitative estimate of drug-likeness (QED) is 0.270. The molecule has 1 aromatic heterocycles. The molecule has 0 aliphatic carbocycles. The van der Waals surface area contributed by atoms with Crippen LogP contribution in [0.4, 0.5) is 35.0 Å². The van der Waals surface area contributed by atoms with Crippen LogP contribution < -0.4 is 25.6 Å². The van der Waals surface area contributed by atoms with E-state index in [1.54, 1.807) is 23.9 Å². The first-order valence-corrected chi connectivity index (χ1v) is 12.6. The van der Waals surface area contributed by atoms with E-state index in [0.717, 1.165) is 36.9 Å². The Morgan fingerprint density at radius 3 is 2.59 bits per heavy atom. The second kappa shape index (κ2) is 11.8. The summed E-state index contributed by atoms with van der Waals surface area (Å²) >= 11 is 7.62. The van der Waals surface area contributed by atoms with Gasteiger partial charge in [0, 0.05) is 18.0 Å². The molecular weight excluding hydrogens is 527 g/mol. The normalized spacial score (nSPS) is 15.1. The van der Waals surface area contributed by atoms with E-state index in [0.29, 0.717) is 17.3 Å². The maximum absolute atomic E-state index is 12.9. The number of alkyl halides is 3. The van der Waals surface area contributed by atoms with Gasteiger partial charge in [0.05, 0.1) is 28.2 Å². The van der Waals surface area contributed by atoms with Gasteiger partial charge in [-0.3, -0.25) is 5.32 Å². The van der Waals surface area contributed by atoms with Gasteiger partial charge in [0.2, 0.25) is 5.88 Å². The summed E-state index contributed by atoms with van der Waals surface area (Å²) in [7, 11) is 0. The van der Waals surface area contributed by atoms with Gasteiger partial charge in [-0.2, -0.15) is 13.2 Å². The zero-order valence-corrected chi connectivity index (χ0v) is 21.1. The zero-order chi connectivity index (χ0) is 26.4. The fourth-order valence-electron chi connectivity index (χ4n) is 3.36. The van der Waals surface area contributed by atoms with Crippen LogP contribution in [0, 0.1) is 0 Å². The van der Waals surface area contributed by atoms with Crippen LogP contribution in [-0.4, -0.2) is 23.1 Å². The SMILES string of the molecule is CCCNC1SC=CN1c1ccc(Oc2ccc(NC(=O)Nc3cc(C(F)(F)F)ccc3Cl)cn2)cc1. The van der Waals surface area contributed by atoms with Crippen molar-refractivity contribution in [3.05, 3.63) is 83.0 Å². The summed E-state index contributed by atoms with van der Waals surface area (Å²) in [5.41, 5.74) is 0.386. The number of ether oxygens (including phenoxy) is 1. The molecule has 1 atom stereocenters. The summed E-state index contributed by atoms with van der Waals surface area (Å²) < 4.78 is 44.6. The minimum absolute atomic E-state index is 0.0247. The van der Waals surface area contributed by atoms with Crippen LogP contribution in [0.1, 0.15) is 18.9 Å². The molecule has 4 rings (SSSR count). The number of urea groups is 1. The largest absolute Gasteiger partial charge is 0.439 e. The first-order valence-electron chi connectivity index (χ1n) is 11.3. The highest BCUT2D eigenvalue weighted by molar-refractivity contribution is 8.03. The zero-order valence-electron chi connectivity index (χ0n) is 19.6. The van der Waals surface area contributed by atoms with Gasteiger partial charge in [0.25, 0.3) is 0 Å². The number of carbonyl (C=O) groups excluding carboxylic acids is 1. The highest BCUT2D eigenvalue weighted by atomic mass is 35.5.